The lowest BCUT2D eigenvalue weighted by Gasteiger charge is -2.27. The second-order valence-corrected chi connectivity index (χ2v) is 4.60. The van der Waals surface area contributed by atoms with Crippen molar-refractivity contribution < 1.29 is 19.6 Å². The Morgan fingerprint density at radius 3 is 2.71 bits per heavy atom. The fourth-order valence-electron chi connectivity index (χ4n) is 2.03. The van der Waals surface area contributed by atoms with E-state index in [1.165, 1.54) is 22.0 Å². The van der Waals surface area contributed by atoms with E-state index in [0.29, 0.717) is 6.54 Å². The highest BCUT2D eigenvalue weighted by Crippen LogP contribution is 2.09. The fraction of sp³-hybridized carbons (Fsp3) is 0.583. The molecule has 21 heavy (non-hydrogen) atoms. The van der Waals surface area contributed by atoms with Crippen LogP contribution in [-0.4, -0.2) is 48.9 Å². The van der Waals surface area contributed by atoms with Crippen LogP contribution in [0.2, 0.25) is 0 Å². The molecule has 0 saturated carbocycles. The number of nitrogens with zero attached hydrogens (tertiary/aromatic N) is 4. The zero-order valence-electron chi connectivity index (χ0n) is 11.9. The summed E-state index contributed by atoms with van der Waals surface area (Å²) in [6.45, 7) is 4.13. The number of aromatic nitrogens is 2. The molecule has 0 aliphatic rings. The predicted molar refractivity (Wildman–Crippen MR) is 72.6 cm³/mol. The van der Waals surface area contributed by atoms with Crippen LogP contribution in [0.3, 0.4) is 0 Å². The van der Waals surface area contributed by atoms with Crippen LogP contribution in [0.25, 0.3) is 0 Å². The molecule has 1 heterocycles. The Morgan fingerprint density at radius 2 is 2.24 bits per heavy atom. The zero-order chi connectivity index (χ0) is 16.0. The van der Waals surface area contributed by atoms with Gasteiger partial charge in [-0.25, -0.2) is 0 Å². The Hall–Kier alpha value is -2.45. The number of rotatable bonds is 8. The van der Waals surface area contributed by atoms with Crippen LogP contribution in [0.15, 0.2) is 12.5 Å². The number of imidazole rings is 1. The van der Waals surface area contributed by atoms with Crippen molar-refractivity contribution in [3.8, 4) is 0 Å². The summed E-state index contributed by atoms with van der Waals surface area (Å²) in [6, 6.07) is -0.392. The van der Waals surface area contributed by atoms with Crippen molar-refractivity contribution in [2.45, 2.75) is 39.3 Å². The predicted octanol–water partition coefficient (Wildman–Crippen LogP) is 0.893. The number of aliphatic carboxylic acids is 1. The maximum Gasteiger partial charge on any atom is 0.381 e. The molecule has 0 radical (unpaired) electrons. The van der Waals surface area contributed by atoms with Crippen molar-refractivity contribution in [1.29, 1.82) is 0 Å². The van der Waals surface area contributed by atoms with Crippen molar-refractivity contribution in [1.82, 2.24) is 14.5 Å². The minimum Gasteiger partial charge on any atom is -0.481 e. The minimum absolute atomic E-state index is 0.115. The lowest BCUT2D eigenvalue weighted by atomic mass is 10.2. The summed E-state index contributed by atoms with van der Waals surface area (Å²) in [5.41, 5.74) is 0. The van der Waals surface area contributed by atoms with Crippen LogP contribution >= 0.6 is 0 Å². The van der Waals surface area contributed by atoms with Gasteiger partial charge in [0.2, 0.25) is 12.2 Å². The van der Waals surface area contributed by atoms with Gasteiger partial charge in [0.1, 0.15) is 6.20 Å². The Morgan fingerprint density at radius 1 is 1.57 bits per heavy atom. The number of carboxylic acid groups (broad SMARTS) is 1. The van der Waals surface area contributed by atoms with E-state index in [4.69, 9.17) is 5.11 Å². The van der Waals surface area contributed by atoms with Gasteiger partial charge in [-0.1, -0.05) is 0 Å². The molecular weight excluding hydrogens is 280 g/mol. The van der Waals surface area contributed by atoms with E-state index in [1.807, 2.05) is 0 Å². The summed E-state index contributed by atoms with van der Waals surface area (Å²) in [7, 11) is 0. The molecular formula is C12H18N4O5. The molecule has 116 valence electrons. The van der Waals surface area contributed by atoms with Gasteiger partial charge in [-0.15, -0.1) is 0 Å². The Labute approximate surface area is 121 Å². The van der Waals surface area contributed by atoms with Crippen LogP contribution < -0.4 is 0 Å². The van der Waals surface area contributed by atoms with E-state index < -0.39 is 16.9 Å². The van der Waals surface area contributed by atoms with Gasteiger partial charge in [0.05, 0.1) is 6.42 Å². The molecule has 1 aromatic heterocycles. The molecule has 0 fully saturated rings. The second kappa shape index (κ2) is 7.36. The zero-order valence-corrected chi connectivity index (χ0v) is 11.9. The lowest BCUT2D eigenvalue weighted by Crippen LogP contribution is -2.40. The van der Waals surface area contributed by atoms with Crippen LogP contribution in [-0.2, 0) is 16.1 Å². The molecule has 1 aromatic rings. The monoisotopic (exact) mass is 298 g/mol. The lowest BCUT2D eigenvalue weighted by molar-refractivity contribution is -0.389. The number of hydrogen-bond acceptors (Lipinski definition) is 5. The molecule has 0 bridgehead atoms. The molecule has 0 aliphatic heterocycles. The maximum absolute atomic E-state index is 12.1. The third-order valence-electron chi connectivity index (χ3n) is 3.05. The molecule has 0 aromatic carbocycles. The van der Waals surface area contributed by atoms with Gasteiger partial charge in [0, 0.05) is 25.6 Å². The van der Waals surface area contributed by atoms with Crippen molar-refractivity contribution in [3.05, 3.63) is 22.6 Å². The average Bonchev–Trinajstić information content (AvgIpc) is 2.85. The Kier molecular flexibility index (Phi) is 5.82. The fourth-order valence-corrected chi connectivity index (χ4v) is 2.03. The first-order chi connectivity index (χ1) is 9.85. The second-order valence-electron chi connectivity index (χ2n) is 4.60. The Balaban J connectivity index is 2.57. The van der Waals surface area contributed by atoms with Crippen molar-refractivity contribution >= 4 is 17.7 Å². The largest absolute Gasteiger partial charge is 0.481 e. The number of carbonyl (C=O) groups is 2. The van der Waals surface area contributed by atoms with Gasteiger partial charge in [-0.3, -0.25) is 9.59 Å². The highest BCUT2D eigenvalue weighted by Gasteiger charge is 2.20. The summed E-state index contributed by atoms with van der Waals surface area (Å²) >= 11 is 0. The topological polar surface area (TPSA) is 119 Å². The first kappa shape index (κ1) is 16.6. The number of nitro groups is 1. The van der Waals surface area contributed by atoms with Crippen molar-refractivity contribution in [3.63, 3.8) is 0 Å². The van der Waals surface area contributed by atoms with E-state index in [0.717, 1.165) is 0 Å². The molecule has 1 N–H and O–H groups in total. The van der Waals surface area contributed by atoms with Crippen LogP contribution in [0.1, 0.15) is 26.7 Å². The SMILES string of the molecule is CCN(C(=O)CCn1cnc([N+](=O)[O-])c1)C(C)CC(=O)O. The van der Waals surface area contributed by atoms with Gasteiger partial charge in [0.25, 0.3) is 0 Å². The summed E-state index contributed by atoms with van der Waals surface area (Å²) in [6.07, 6.45) is 2.56. The highest BCUT2D eigenvalue weighted by atomic mass is 16.6. The van der Waals surface area contributed by atoms with E-state index in [2.05, 4.69) is 4.98 Å². The van der Waals surface area contributed by atoms with Gasteiger partial charge in [-0.2, -0.15) is 0 Å². The number of hydrogen-bond donors (Lipinski definition) is 1. The summed E-state index contributed by atoms with van der Waals surface area (Å²) < 4.78 is 1.46. The van der Waals surface area contributed by atoms with E-state index in [1.54, 1.807) is 13.8 Å². The first-order valence-electron chi connectivity index (χ1n) is 6.52. The summed E-state index contributed by atoms with van der Waals surface area (Å²) in [5, 5.41) is 19.3. The van der Waals surface area contributed by atoms with Crippen LogP contribution in [0.5, 0.6) is 0 Å². The number of carbonyl (C=O) groups excluding carboxylic acids is 1. The van der Waals surface area contributed by atoms with Gasteiger partial charge in [-0.05, 0) is 23.8 Å². The third-order valence-corrected chi connectivity index (χ3v) is 3.05. The van der Waals surface area contributed by atoms with Crippen molar-refractivity contribution in [2.24, 2.45) is 0 Å². The minimum atomic E-state index is -0.959. The van der Waals surface area contributed by atoms with E-state index >= 15 is 0 Å². The summed E-state index contributed by atoms with van der Waals surface area (Å²) in [5.74, 6) is -1.42. The average molecular weight is 298 g/mol. The normalized spacial score (nSPS) is 11.9. The van der Waals surface area contributed by atoms with Gasteiger partial charge < -0.3 is 24.7 Å². The number of amides is 1. The van der Waals surface area contributed by atoms with E-state index in [-0.39, 0.29) is 31.1 Å². The van der Waals surface area contributed by atoms with Gasteiger partial charge >= 0.3 is 11.8 Å². The first-order valence-corrected chi connectivity index (χ1v) is 6.52. The molecule has 0 spiro atoms. The molecule has 0 aliphatic carbocycles. The van der Waals surface area contributed by atoms with Gasteiger partial charge in [0.15, 0.2) is 0 Å². The van der Waals surface area contributed by atoms with Crippen LogP contribution in [0.4, 0.5) is 5.82 Å². The number of aryl methyl sites for hydroxylation is 1. The van der Waals surface area contributed by atoms with E-state index in [9.17, 15) is 19.7 Å². The smallest absolute Gasteiger partial charge is 0.381 e. The van der Waals surface area contributed by atoms with Crippen LogP contribution in [0, 0.1) is 10.1 Å². The number of carboxylic acids is 1. The molecule has 1 amide bonds. The quantitative estimate of drug-likeness (QED) is 0.562. The standard InChI is InChI=1S/C12H18N4O5/c1-3-15(9(2)6-12(18)19)11(17)4-5-14-7-10(13-8-14)16(20)21/h7-9H,3-6H2,1-2H3,(H,18,19). The summed E-state index contributed by atoms with van der Waals surface area (Å²) in [4.78, 5) is 37.7. The molecule has 0 saturated heterocycles. The molecule has 9 heteroatoms. The maximum atomic E-state index is 12.1. The molecule has 1 unspecified atom stereocenters. The molecule has 9 nitrogen and oxygen atoms in total. The molecule has 1 atom stereocenters. The van der Waals surface area contributed by atoms with Crippen molar-refractivity contribution in [2.75, 3.05) is 6.54 Å². The molecule has 1 rings (SSSR count). The highest BCUT2D eigenvalue weighted by molar-refractivity contribution is 5.77. The third kappa shape index (κ3) is 4.86. The Bertz CT molecular complexity index is 527.